The molecule has 2 saturated heterocycles. The standard InChI is InChI=1S/C30H46N5O3PS2/c1-30(2,3)39(34-21-11-5-6-12-22-34,35-23-13-7-8-14-24-35)32-29(40)31-25-17-19-26(20-18-25)41(36,37)33-27-15-9-10-16-28(27)38-4/h9-10,15-20,33H,5-8,11-14,21-24H2,1-4H3,(H,31,40). The van der Waals surface area contributed by atoms with Crippen LogP contribution in [0.25, 0.3) is 0 Å². The Morgan fingerprint density at radius 2 is 1.37 bits per heavy atom. The minimum absolute atomic E-state index is 0.0739. The van der Waals surface area contributed by atoms with E-state index in [2.05, 4.69) is 40.2 Å². The molecule has 2 aromatic carbocycles. The quantitative estimate of drug-likeness (QED) is 0.242. The maximum atomic E-state index is 13.1. The molecule has 2 aliphatic rings. The number of ether oxygens (including phenoxy) is 1. The van der Waals surface area contributed by atoms with E-state index in [1.807, 2.05) is 0 Å². The zero-order chi connectivity index (χ0) is 29.5. The first-order valence-corrected chi connectivity index (χ1v) is 18.3. The summed E-state index contributed by atoms with van der Waals surface area (Å²) in [7, 11) is -4.48. The molecule has 8 nitrogen and oxygen atoms in total. The number of anilines is 2. The largest absolute Gasteiger partial charge is 0.495 e. The van der Waals surface area contributed by atoms with E-state index in [1.54, 1.807) is 48.5 Å². The Kier molecular flexibility index (Phi) is 10.9. The molecule has 0 amide bonds. The van der Waals surface area contributed by atoms with Gasteiger partial charge in [-0.1, -0.05) is 58.6 Å². The normalized spacial score (nSPS) is 18.1. The van der Waals surface area contributed by atoms with Crippen LogP contribution in [0.5, 0.6) is 5.75 Å². The van der Waals surface area contributed by atoms with Crippen LogP contribution in [0.2, 0.25) is 0 Å². The summed E-state index contributed by atoms with van der Waals surface area (Å²) in [5.74, 6) is 0.459. The molecule has 2 aromatic rings. The predicted molar refractivity (Wildman–Crippen MR) is 176 cm³/mol. The van der Waals surface area contributed by atoms with E-state index in [0.717, 1.165) is 26.2 Å². The SMILES string of the molecule is COc1ccccc1NS(=O)(=O)c1ccc(NC(=S)N=P(N2CCCCCC2)(N2CCCCCC2)C(C)(C)C)cc1. The van der Waals surface area contributed by atoms with Crippen molar-refractivity contribution in [1.82, 2.24) is 9.34 Å². The highest BCUT2D eigenvalue weighted by molar-refractivity contribution is 7.92. The van der Waals surface area contributed by atoms with Gasteiger partial charge >= 0.3 is 0 Å². The van der Waals surface area contributed by atoms with Crippen LogP contribution in [-0.4, -0.2) is 61.3 Å². The maximum absolute atomic E-state index is 13.1. The number of para-hydroxylation sites is 2. The van der Waals surface area contributed by atoms with Gasteiger partial charge < -0.3 is 10.1 Å². The van der Waals surface area contributed by atoms with Crippen LogP contribution < -0.4 is 14.8 Å². The molecule has 0 aromatic heterocycles. The second kappa shape index (κ2) is 14.0. The fourth-order valence-electron chi connectivity index (χ4n) is 5.89. The molecular formula is C30H46N5O3PS2. The van der Waals surface area contributed by atoms with Crippen LogP contribution >= 0.6 is 19.6 Å². The molecule has 0 bridgehead atoms. The van der Waals surface area contributed by atoms with Gasteiger partial charge in [0.15, 0.2) is 5.11 Å². The van der Waals surface area contributed by atoms with Gasteiger partial charge in [-0.05, 0) is 74.3 Å². The molecule has 41 heavy (non-hydrogen) atoms. The molecule has 2 heterocycles. The lowest BCUT2D eigenvalue weighted by molar-refractivity contribution is 0.368. The van der Waals surface area contributed by atoms with Crippen LogP contribution in [0.15, 0.2) is 58.2 Å². The van der Waals surface area contributed by atoms with E-state index >= 15 is 0 Å². The van der Waals surface area contributed by atoms with Crippen molar-refractivity contribution in [3.63, 3.8) is 0 Å². The summed E-state index contributed by atoms with van der Waals surface area (Å²) in [6.07, 6.45) is 9.85. The van der Waals surface area contributed by atoms with Gasteiger partial charge in [0.25, 0.3) is 10.0 Å². The Hall–Kier alpha value is -1.97. The van der Waals surface area contributed by atoms with Crippen LogP contribution in [0.3, 0.4) is 0 Å². The van der Waals surface area contributed by atoms with Gasteiger partial charge in [0.2, 0.25) is 0 Å². The van der Waals surface area contributed by atoms with Crippen LogP contribution in [0.4, 0.5) is 11.4 Å². The zero-order valence-electron chi connectivity index (χ0n) is 24.9. The summed E-state index contributed by atoms with van der Waals surface area (Å²) in [5.41, 5.74) is 1.11. The molecule has 0 aliphatic carbocycles. The monoisotopic (exact) mass is 619 g/mol. The smallest absolute Gasteiger partial charge is 0.262 e. The fraction of sp³-hybridized carbons (Fsp3) is 0.567. The number of nitrogens with zero attached hydrogens (tertiary/aromatic N) is 3. The summed E-state index contributed by atoms with van der Waals surface area (Å²) < 4.78 is 44.9. The van der Waals surface area contributed by atoms with E-state index in [4.69, 9.17) is 21.7 Å². The highest BCUT2D eigenvalue weighted by atomic mass is 32.2. The average Bonchev–Trinajstić information content (AvgIpc) is 3.38. The Morgan fingerprint density at radius 1 is 0.854 bits per heavy atom. The number of thiocarbonyl (C=S) groups is 1. The second-order valence-corrected chi connectivity index (χ2v) is 17.7. The number of methoxy groups -OCH3 is 1. The van der Waals surface area contributed by atoms with Crippen molar-refractivity contribution in [3.8, 4) is 5.75 Å². The van der Waals surface area contributed by atoms with Gasteiger partial charge in [-0.2, -0.15) is 0 Å². The molecule has 0 atom stereocenters. The van der Waals surface area contributed by atoms with Crippen molar-refractivity contribution in [2.75, 3.05) is 43.3 Å². The number of sulfonamides is 1. The molecule has 0 radical (unpaired) electrons. The lowest BCUT2D eigenvalue weighted by Crippen LogP contribution is -2.42. The Morgan fingerprint density at radius 3 is 1.85 bits per heavy atom. The lowest BCUT2D eigenvalue weighted by Gasteiger charge is -2.50. The van der Waals surface area contributed by atoms with Gasteiger partial charge in [0.1, 0.15) is 13.1 Å². The minimum atomic E-state index is -3.80. The Labute approximate surface area is 252 Å². The van der Waals surface area contributed by atoms with Crippen molar-refractivity contribution in [2.45, 2.75) is 82.2 Å². The Balaban J connectivity index is 1.61. The molecule has 0 saturated carbocycles. The van der Waals surface area contributed by atoms with E-state index in [-0.39, 0.29) is 10.1 Å². The molecule has 4 rings (SSSR count). The third kappa shape index (κ3) is 7.71. The molecule has 226 valence electrons. The number of benzene rings is 2. The summed E-state index contributed by atoms with van der Waals surface area (Å²) in [4.78, 5) is 0.155. The van der Waals surface area contributed by atoms with E-state index in [1.165, 1.54) is 58.5 Å². The van der Waals surface area contributed by atoms with Crippen molar-refractivity contribution < 1.29 is 13.2 Å². The number of hydrogen-bond donors (Lipinski definition) is 2. The molecule has 0 spiro atoms. The fourth-order valence-corrected chi connectivity index (χ4v) is 12.0. The summed E-state index contributed by atoms with van der Waals surface area (Å²) in [6, 6.07) is 13.6. The van der Waals surface area contributed by atoms with E-state index in [0.29, 0.717) is 22.2 Å². The predicted octanol–water partition coefficient (Wildman–Crippen LogP) is 7.77. The molecule has 2 N–H and O–H groups in total. The number of nitrogens with one attached hydrogen (secondary N) is 2. The molecule has 11 heteroatoms. The van der Waals surface area contributed by atoms with Gasteiger partial charge in [-0.15, -0.1) is 0 Å². The average molecular weight is 620 g/mol. The minimum Gasteiger partial charge on any atom is -0.495 e. The van der Waals surface area contributed by atoms with E-state index < -0.39 is 17.4 Å². The van der Waals surface area contributed by atoms with Crippen LogP contribution in [-0.2, 0) is 10.0 Å². The molecule has 2 aliphatic heterocycles. The Bertz CT molecular complexity index is 1300. The van der Waals surface area contributed by atoms with Crippen molar-refractivity contribution >= 4 is 46.1 Å². The third-order valence-corrected chi connectivity index (χ3v) is 14.2. The lowest BCUT2D eigenvalue weighted by atomic mass is 10.2. The number of hydrogen-bond acceptors (Lipinski definition) is 4. The molecule has 0 unspecified atom stereocenters. The summed E-state index contributed by atoms with van der Waals surface area (Å²) in [5, 5.41) is 3.72. The van der Waals surface area contributed by atoms with Crippen molar-refractivity contribution in [2.24, 2.45) is 4.74 Å². The zero-order valence-corrected chi connectivity index (χ0v) is 27.5. The van der Waals surface area contributed by atoms with E-state index in [9.17, 15) is 8.42 Å². The van der Waals surface area contributed by atoms with Gasteiger partial charge in [0, 0.05) is 37.0 Å². The highest BCUT2D eigenvalue weighted by Crippen LogP contribution is 2.67. The highest BCUT2D eigenvalue weighted by Gasteiger charge is 2.44. The molecular weight excluding hydrogens is 573 g/mol. The van der Waals surface area contributed by atoms with Gasteiger partial charge in [-0.3, -0.25) is 14.1 Å². The first kappa shape index (κ1) is 32.0. The first-order valence-electron chi connectivity index (χ1n) is 14.8. The third-order valence-electron chi connectivity index (χ3n) is 7.85. The van der Waals surface area contributed by atoms with Crippen molar-refractivity contribution in [1.29, 1.82) is 0 Å². The van der Waals surface area contributed by atoms with Crippen LogP contribution in [0, 0.1) is 0 Å². The van der Waals surface area contributed by atoms with Gasteiger partial charge in [-0.25, -0.2) is 13.2 Å². The number of rotatable bonds is 7. The van der Waals surface area contributed by atoms with Crippen LogP contribution in [0.1, 0.15) is 72.1 Å². The van der Waals surface area contributed by atoms with Gasteiger partial charge in [0.05, 0.1) is 17.7 Å². The second-order valence-electron chi connectivity index (χ2n) is 11.8. The molecule has 2 fully saturated rings. The van der Waals surface area contributed by atoms with Crippen molar-refractivity contribution in [3.05, 3.63) is 48.5 Å². The summed E-state index contributed by atoms with van der Waals surface area (Å²) in [6.45, 7) is 11.2. The maximum Gasteiger partial charge on any atom is 0.262 e. The topological polar surface area (TPSA) is 86.3 Å². The summed E-state index contributed by atoms with van der Waals surface area (Å²) >= 11 is 5.93. The first-order chi connectivity index (χ1) is 19.6.